The smallest absolute Gasteiger partial charge is 0.350 e. The van der Waals surface area contributed by atoms with Gasteiger partial charge in [0.15, 0.2) is 0 Å². The standard InChI is InChI=1S/C10H11N5O2/c1-17-7-4-2-6(3-5-7)12-9-13-8(11)14-10(16)15-9/h2-5H,1H3,(H4,11,12,13,14,15,16). The number of H-pyrrole nitrogens is 1. The number of nitrogens with one attached hydrogen (secondary N) is 2. The summed E-state index contributed by atoms with van der Waals surface area (Å²) in [6.07, 6.45) is 0. The highest BCUT2D eigenvalue weighted by atomic mass is 16.5. The summed E-state index contributed by atoms with van der Waals surface area (Å²) in [5.41, 5.74) is 5.58. The molecule has 1 heterocycles. The molecule has 0 saturated heterocycles. The number of benzene rings is 1. The molecule has 0 bridgehead atoms. The monoisotopic (exact) mass is 233 g/mol. The molecule has 2 rings (SSSR count). The predicted octanol–water partition coefficient (Wildman–Crippen LogP) is 0.499. The first kappa shape index (κ1) is 10.9. The number of methoxy groups -OCH3 is 1. The highest BCUT2D eigenvalue weighted by molar-refractivity contribution is 5.54. The van der Waals surface area contributed by atoms with E-state index in [1.165, 1.54) is 0 Å². The lowest BCUT2D eigenvalue weighted by molar-refractivity contribution is 0.415. The minimum atomic E-state index is -0.548. The molecular formula is C10H11N5O2. The Bertz CT molecular complexity index is 564. The summed E-state index contributed by atoms with van der Waals surface area (Å²) in [6.45, 7) is 0. The molecule has 4 N–H and O–H groups in total. The van der Waals surface area contributed by atoms with Gasteiger partial charge < -0.3 is 15.8 Å². The lowest BCUT2D eigenvalue weighted by Crippen LogP contribution is -2.16. The number of nitrogen functional groups attached to an aromatic ring is 1. The van der Waals surface area contributed by atoms with E-state index in [1.807, 2.05) is 0 Å². The predicted molar refractivity (Wildman–Crippen MR) is 63.3 cm³/mol. The van der Waals surface area contributed by atoms with Crippen LogP contribution in [0.2, 0.25) is 0 Å². The maximum absolute atomic E-state index is 11.1. The van der Waals surface area contributed by atoms with Crippen molar-refractivity contribution in [3.05, 3.63) is 34.7 Å². The molecule has 0 aliphatic rings. The Balaban J connectivity index is 2.22. The first-order chi connectivity index (χ1) is 8.17. The van der Waals surface area contributed by atoms with Gasteiger partial charge in [-0.25, -0.2) is 4.79 Å². The number of nitrogens with zero attached hydrogens (tertiary/aromatic N) is 2. The molecule has 0 amide bonds. The first-order valence-electron chi connectivity index (χ1n) is 4.82. The number of aromatic amines is 1. The quantitative estimate of drug-likeness (QED) is 0.712. The van der Waals surface area contributed by atoms with Crippen molar-refractivity contribution in [3.63, 3.8) is 0 Å². The maximum Gasteiger partial charge on any atom is 0.350 e. The molecule has 0 aliphatic carbocycles. The number of anilines is 3. The van der Waals surface area contributed by atoms with E-state index in [9.17, 15) is 4.79 Å². The largest absolute Gasteiger partial charge is 0.497 e. The molecule has 2 aromatic rings. The second-order valence-electron chi connectivity index (χ2n) is 3.22. The minimum absolute atomic E-state index is 0.0148. The number of rotatable bonds is 3. The zero-order valence-corrected chi connectivity index (χ0v) is 9.10. The third kappa shape index (κ3) is 2.71. The number of aromatic nitrogens is 3. The molecule has 0 atom stereocenters. The van der Waals surface area contributed by atoms with Crippen molar-refractivity contribution in [2.24, 2.45) is 0 Å². The van der Waals surface area contributed by atoms with E-state index in [-0.39, 0.29) is 11.9 Å². The molecule has 1 aromatic carbocycles. The van der Waals surface area contributed by atoms with Crippen molar-refractivity contribution in [1.82, 2.24) is 15.0 Å². The second-order valence-corrected chi connectivity index (χ2v) is 3.22. The van der Waals surface area contributed by atoms with Gasteiger partial charge in [0.05, 0.1) is 7.11 Å². The van der Waals surface area contributed by atoms with Gasteiger partial charge in [0.25, 0.3) is 0 Å². The van der Waals surface area contributed by atoms with E-state index in [0.29, 0.717) is 0 Å². The number of hydrogen-bond acceptors (Lipinski definition) is 6. The second kappa shape index (κ2) is 4.52. The normalized spacial score (nSPS) is 9.94. The molecule has 0 spiro atoms. The van der Waals surface area contributed by atoms with E-state index < -0.39 is 5.69 Å². The molecule has 0 unspecified atom stereocenters. The van der Waals surface area contributed by atoms with Gasteiger partial charge >= 0.3 is 5.69 Å². The average Bonchev–Trinajstić information content (AvgIpc) is 2.28. The first-order valence-corrected chi connectivity index (χ1v) is 4.82. The molecule has 7 heteroatoms. The van der Waals surface area contributed by atoms with Crippen LogP contribution in [0.25, 0.3) is 0 Å². The average molecular weight is 233 g/mol. The van der Waals surface area contributed by atoms with Crippen LogP contribution in [0, 0.1) is 0 Å². The Morgan fingerprint density at radius 1 is 1.29 bits per heavy atom. The highest BCUT2D eigenvalue weighted by Crippen LogP contribution is 2.17. The van der Waals surface area contributed by atoms with E-state index in [4.69, 9.17) is 10.5 Å². The summed E-state index contributed by atoms with van der Waals surface area (Å²) in [5.74, 6) is 0.902. The molecular weight excluding hydrogens is 222 g/mol. The van der Waals surface area contributed by atoms with Crippen molar-refractivity contribution in [2.75, 3.05) is 18.2 Å². The molecule has 0 saturated carbocycles. The topological polar surface area (TPSA) is 106 Å². The summed E-state index contributed by atoms with van der Waals surface area (Å²) in [7, 11) is 1.59. The fourth-order valence-electron chi connectivity index (χ4n) is 1.26. The Kier molecular flexibility index (Phi) is 2.91. The van der Waals surface area contributed by atoms with Crippen molar-refractivity contribution < 1.29 is 4.74 Å². The Labute approximate surface area is 96.7 Å². The van der Waals surface area contributed by atoms with Gasteiger partial charge in [-0.15, -0.1) is 0 Å². The van der Waals surface area contributed by atoms with Crippen LogP contribution in [0.4, 0.5) is 17.6 Å². The number of hydrogen-bond donors (Lipinski definition) is 3. The molecule has 17 heavy (non-hydrogen) atoms. The van der Waals surface area contributed by atoms with Gasteiger partial charge in [0.2, 0.25) is 11.9 Å². The lowest BCUT2D eigenvalue weighted by atomic mass is 10.3. The Morgan fingerprint density at radius 2 is 2.00 bits per heavy atom. The van der Waals surface area contributed by atoms with Crippen molar-refractivity contribution in [2.45, 2.75) is 0 Å². The van der Waals surface area contributed by atoms with Crippen LogP contribution < -0.4 is 21.5 Å². The summed E-state index contributed by atoms with van der Waals surface area (Å²) >= 11 is 0. The van der Waals surface area contributed by atoms with E-state index in [2.05, 4.69) is 20.3 Å². The molecule has 7 nitrogen and oxygen atoms in total. The van der Waals surface area contributed by atoms with Gasteiger partial charge in [-0.2, -0.15) is 9.97 Å². The SMILES string of the molecule is COc1ccc(Nc2nc(N)[nH]c(=O)n2)cc1. The fraction of sp³-hybridized carbons (Fsp3) is 0.100. The van der Waals surface area contributed by atoms with Crippen LogP contribution in [0.15, 0.2) is 29.1 Å². The third-order valence-electron chi connectivity index (χ3n) is 2.01. The zero-order valence-electron chi connectivity index (χ0n) is 9.10. The van der Waals surface area contributed by atoms with Crippen LogP contribution in [-0.4, -0.2) is 22.1 Å². The molecule has 88 valence electrons. The van der Waals surface area contributed by atoms with Gasteiger partial charge in [-0.05, 0) is 24.3 Å². The maximum atomic E-state index is 11.1. The fourth-order valence-corrected chi connectivity index (χ4v) is 1.26. The van der Waals surface area contributed by atoms with Gasteiger partial charge in [-0.3, -0.25) is 4.98 Å². The minimum Gasteiger partial charge on any atom is -0.497 e. The molecule has 1 aromatic heterocycles. The molecule has 0 radical (unpaired) electrons. The van der Waals surface area contributed by atoms with Crippen LogP contribution in [-0.2, 0) is 0 Å². The van der Waals surface area contributed by atoms with E-state index in [0.717, 1.165) is 11.4 Å². The van der Waals surface area contributed by atoms with Crippen LogP contribution in [0.1, 0.15) is 0 Å². The van der Waals surface area contributed by atoms with Crippen LogP contribution in [0.5, 0.6) is 5.75 Å². The van der Waals surface area contributed by atoms with Crippen molar-refractivity contribution >= 4 is 17.6 Å². The van der Waals surface area contributed by atoms with Gasteiger partial charge in [-0.1, -0.05) is 0 Å². The van der Waals surface area contributed by atoms with Gasteiger partial charge in [0.1, 0.15) is 5.75 Å². The van der Waals surface area contributed by atoms with Crippen molar-refractivity contribution in [3.8, 4) is 5.75 Å². The van der Waals surface area contributed by atoms with Crippen LogP contribution in [0.3, 0.4) is 0 Å². The van der Waals surface area contributed by atoms with E-state index in [1.54, 1.807) is 31.4 Å². The summed E-state index contributed by atoms with van der Waals surface area (Å²) in [4.78, 5) is 20.8. The number of ether oxygens (including phenoxy) is 1. The summed E-state index contributed by atoms with van der Waals surface area (Å²) in [5, 5.41) is 2.86. The third-order valence-corrected chi connectivity index (χ3v) is 2.01. The summed E-state index contributed by atoms with van der Waals surface area (Å²) < 4.78 is 5.02. The number of nitrogens with two attached hydrogens (primary N) is 1. The summed E-state index contributed by atoms with van der Waals surface area (Å²) in [6, 6.07) is 7.11. The Morgan fingerprint density at radius 3 is 2.59 bits per heavy atom. The highest BCUT2D eigenvalue weighted by Gasteiger charge is 2.01. The lowest BCUT2D eigenvalue weighted by Gasteiger charge is -2.05. The molecule has 0 aliphatic heterocycles. The molecule has 0 fully saturated rings. The van der Waals surface area contributed by atoms with E-state index >= 15 is 0 Å². The van der Waals surface area contributed by atoms with Gasteiger partial charge in [0, 0.05) is 5.69 Å². The van der Waals surface area contributed by atoms with Crippen LogP contribution >= 0.6 is 0 Å². The van der Waals surface area contributed by atoms with Crippen molar-refractivity contribution in [1.29, 1.82) is 0 Å². The Hall–Kier alpha value is -2.57. The zero-order chi connectivity index (χ0) is 12.3.